The Morgan fingerprint density at radius 1 is 1.10 bits per heavy atom. The zero-order valence-electron chi connectivity index (χ0n) is 12.1. The molecule has 0 spiro atoms. The Balaban J connectivity index is 1.70. The molecule has 0 radical (unpaired) electrons. The molecule has 0 saturated heterocycles. The van der Waals surface area contributed by atoms with Crippen LogP contribution in [0.1, 0.15) is 23.6 Å². The maximum Gasteiger partial charge on any atom is 0.143 e. The first-order chi connectivity index (χ1) is 9.74. The van der Waals surface area contributed by atoms with E-state index in [1.807, 2.05) is 0 Å². The lowest BCUT2D eigenvalue weighted by Gasteiger charge is -2.27. The molecule has 20 heavy (non-hydrogen) atoms. The van der Waals surface area contributed by atoms with Crippen molar-refractivity contribution in [1.82, 2.24) is 0 Å². The molecule has 2 heteroatoms. The summed E-state index contributed by atoms with van der Waals surface area (Å²) in [7, 11) is 0. The van der Waals surface area contributed by atoms with Crippen LogP contribution in [0.2, 0.25) is 0 Å². The van der Waals surface area contributed by atoms with Crippen molar-refractivity contribution in [2.75, 3.05) is 11.9 Å². The van der Waals surface area contributed by atoms with Gasteiger partial charge >= 0.3 is 0 Å². The average Bonchev–Trinajstić information content (AvgIpc) is 2.47. The number of nitrogens with one attached hydrogen (secondary N) is 1. The van der Waals surface area contributed by atoms with Crippen LogP contribution in [0, 0.1) is 6.92 Å². The van der Waals surface area contributed by atoms with Crippen molar-refractivity contribution in [3.8, 4) is 5.75 Å². The van der Waals surface area contributed by atoms with Gasteiger partial charge in [0.25, 0.3) is 0 Å². The van der Waals surface area contributed by atoms with Gasteiger partial charge in [0.15, 0.2) is 0 Å². The smallest absolute Gasteiger partial charge is 0.143 e. The minimum absolute atomic E-state index is 0.205. The van der Waals surface area contributed by atoms with Crippen LogP contribution in [0.15, 0.2) is 42.5 Å². The van der Waals surface area contributed by atoms with Crippen LogP contribution < -0.4 is 10.1 Å². The summed E-state index contributed by atoms with van der Waals surface area (Å²) in [4.78, 5) is 0. The molecule has 1 N–H and O–H groups in total. The van der Waals surface area contributed by atoms with Gasteiger partial charge in [-0.2, -0.15) is 0 Å². The van der Waals surface area contributed by atoms with E-state index in [0.717, 1.165) is 30.8 Å². The number of anilines is 1. The fraction of sp³-hybridized carbons (Fsp3) is 0.333. The number of ether oxygens (including phenoxy) is 1. The van der Waals surface area contributed by atoms with E-state index in [2.05, 4.69) is 61.6 Å². The van der Waals surface area contributed by atoms with Crippen LogP contribution in [-0.2, 0) is 12.8 Å². The molecule has 0 aromatic heterocycles. The topological polar surface area (TPSA) is 21.3 Å². The molecule has 0 saturated carbocycles. The maximum absolute atomic E-state index is 6.11. The van der Waals surface area contributed by atoms with E-state index in [1.165, 1.54) is 16.7 Å². The summed E-state index contributed by atoms with van der Waals surface area (Å²) >= 11 is 0. The monoisotopic (exact) mass is 267 g/mol. The molecule has 0 aliphatic carbocycles. The predicted octanol–water partition coefficient (Wildman–Crippen LogP) is 3.97. The Kier molecular flexibility index (Phi) is 3.64. The lowest BCUT2D eigenvalue weighted by atomic mass is 10.0. The van der Waals surface area contributed by atoms with Gasteiger partial charge in [0, 0.05) is 6.42 Å². The van der Waals surface area contributed by atoms with Crippen molar-refractivity contribution >= 4 is 5.69 Å². The predicted molar refractivity (Wildman–Crippen MR) is 83.6 cm³/mol. The molecule has 0 bridgehead atoms. The van der Waals surface area contributed by atoms with Crippen LogP contribution >= 0.6 is 0 Å². The van der Waals surface area contributed by atoms with Crippen LogP contribution in [0.3, 0.4) is 0 Å². The molecule has 1 atom stereocenters. The first kappa shape index (κ1) is 13.0. The largest absolute Gasteiger partial charge is 0.486 e. The molecule has 2 aromatic rings. The summed E-state index contributed by atoms with van der Waals surface area (Å²) in [6.07, 6.45) is 2.25. The number of hydrogen-bond donors (Lipinski definition) is 1. The fourth-order valence-electron chi connectivity index (χ4n) is 2.61. The number of benzene rings is 2. The van der Waals surface area contributed by atoms with Gasteiger partial charge in [0.1, 0.15) is 11.9 Å². The highest BCUT2D eigenvalue weighted by atomic mass is 16.5. The fourth-order valence-corrected chi connectivity index (χ4v) is 2.61. The van der Waals surface area contributed by atoms with E-state index in [0.29, 0.717) is 0 Å². The molecule has 1 aliphatic rings. The van der Waals surface area contributed by atoms with Crippen LogP contribution in [-0.4, -0.2) is 12.6 Å². The molecule has 0 amide bonds. The molecule has 0 fully saturated rings. The summed E-state index contributed by atoms with van der Waals surface area (Å²) < 4.78 is 6.11. The molecule has 1 aliphatic heterocycles. The summed E-state index contributed by atoms with van der Waals surface area (Å²) in [5.74, 6) is 0.978. The number of aryl methyl sites for hydroxylation is 2. The van der Waals surface area contributed by atoms with E-state index < -0.39 is 0 Å². The Morgan fingerprint density at radius 2 is 1.85 bits per heavy atom. The Bertz CT molecular complexity index is 589. The van der Waals surface area contributed by atoms with Gasteiger partial charge in [-0.05, 0) is 42.2 Å². The van der Waals surface area contributed by atoms with Crippen molar-refractivity contribution in [3.63, 3.8) is 0 Å². The third-order valence-corrected chi connectivity index (χ3v) is 3.85. The zero-order chi connectivity index (χ0) is 13.9. The number of fused-ring (bicyclic) bond motifs is 1. The third-order valence-electron chi connectivity index (χ3n) is 3.85. The summed E-state index contributed by atoms with van der Waals surface area (Å²) in [5.41, 5.74) is 5.06. The highest BCUT2D eigenvalue weighted by Crippen LogP contribution is 2.30. The van der Waals surface area contributed by atoms with E-state index >= 15 is 0 Å². The second kappa shape index (κ2) is 5.58. The Labute approximate surface area is 120 Å². The minimum atomic E-state index is 0.205. The minimum Gasteiger partial charge on any atom is -0.486 e. The van der Waals surface area contributed by atoms with E-state index in [-0.39, 0.29) is 6.10 Å². The second-order valence-electron chi connectivity index (χ2n) is 5.49. The van der Waals surface area contributed by atoms with Crippen molar-refractivity contribution in [3.05, 3.63) is 59.2 Å². The average molecular weight is 267 g/mol. The molecule has 3 rings (SSSR count). The summed E-state index contributed by atoms with van der Waals surface area (Å²) in [5, 5.41) is 3.46. The number of hydrogen-bond acceptors (Lipinski definition) is 2. The highest BCUT2D eigenvalue weighted by molar-refractivity contribution is 5.59. The van der Waals surface area contributed by atoms with Crippen molar-refractivity contribution in [2.24, 2.45) is 0 Å². The van der Waals surface area contributed by atoms with Gasteiger partial charge in [0.2, 0.25) is 0 Å². The molecular formula is C18H21NO. The van der Waals surface area contributed by atoms with Crippen molar-refractivity contribution < 1.29 is 4.74 Å². The Hall–Kier alpha value is -1.96. The molecule has 1 heterocycles. The van der Waals surface area contributed by atoms with E-state index in [9.17, 15) is 0 Å². The normalized spacial score (nSPS) is 17.0. The molecule has 2 nitrogen and oxygen atoms in total. The maximum atomic E-state index is 6.11. The van der Waals surface area contributed by atoms with Crippen LogP contribution in [0.5, 0.6) is 5.75 Å². The number of rotatable bonds is 3. The van der Waals surface area contributed by atoms with Crippen molar-refractivity contribution in [2.45, 2.75) is 32.8 Å². The van der Waals surface area contributed by atoms with Crippen LogP contribution in [0.25, 0.3) is 0 Å². The van der Waals surface area contributed by atoms with Gasteiger partial charge in [0.05, 0.1) is 12.2 Å². The standard InChI is InChI=1S/C18H21NO/c1-3-14-5-7-15(8-6-14)11-16-12-19-17-9-4-13(2)10-18(17)20-16/h4-10,16,19H,3,11-12H2,1-2H3. The quantitative estimate of drug-likeness (QED) is 0.908. The SMILES string of the molecule is CCc1ccc(CC2CNc3ccc(C)cc3O2)cc1. The first-order valence-corrected chi connectivity index (χ1v) is 7.33. The summed E-state index contributed by atoms with van der Waals surface area (Å²) in [6.45, 7) is 5.14. The van der Waals surface area contributed by atoms with E-state index in [4.69, 9.17) is 4.74 Å². The first-order valence-electron chi connectivity index (χ1n) is 7.33. The van der Waals surface area contributed by atoms with Gasteiger partial charge in [-0.15, -0.1) is 0 Å². The molecule has 104 valence electrons. The second-order valence-corrected chi connectivity index (χ2v) is 5.49. The summed E-state index contributed by atoms with van der Waals surface area (Å²) in [6, 6.07) is 15.2. The lowest BCUT2D eigenvalue weighted by molar-refractivity contribution is 0.206. The molecular weight excluding hydrogens is 246 g/mol. The molecule has 2 aromatic carbocycles. The Morgan fingerprint density at radius 3 is 2.60 bits per heavy atom. The van der Waals surface area contributed by atoms with Gasteiger partial charge in [-0.25, -0.2) is 0 Å². The van der Waals surface area contributed by atoms with Gasteiger partial charge in [-0.1, -0.05) is 37.3 Å². The van der Waals surface area contributed by atoms with Crippen molar-refractivity contribution in [1.29, 1.82) is 0 Å². The molecule has 1 unspecified atom stereocenters. The van der Waals surface area contributed by atoms with Gasteiger partial charge < -0.3 is 10.1 Å². The third kappa shape index (κ3) is 2.79. The van der Waals surface area contributed by atoms with E-state index in [1.54, 1.807) is 0 Å². The van der Waals surface area contributed by atoms with Crippen LogP contribution in [0.4, 0.5) is 5.69 Å². The van der Waals surface area contributed by atoms with Gasteiger partial charge in [-0.3, -0.25) is 0 Å². The highest BCUT2D eigenvalue weighted by Gasteiger charge is 2.19. The lowest BCUT2D eigenvalue weighted by Crippen LogP contribution is -2.32. The zero-order valence-corrected chi connectivity index (χ0v) is 12.1.